The summed E-state index contributed by atoms with van der Waals surface area (Å²) in [6, 6.07) is 5.10. The summed E-state index contributed by atoms with van der Waals surface area (Å²) in [5, 5.41) is 0. The van der Waals surface area contributed by atoms with Gasteiger partial charge in [-0.3, -0.25) is 4.79 Å². The van der Waals surface area contributed by atoms with Crippen LogP contribution in [0.4, 0.5) is 0 Å². The van der Waals surface area contributed by atoms with Crippen molar-refractivity contribution >= 4 is 5.78 Å². The second kappa shape index (κ2) is 5.58. The molecular formula is C14H16O4. The van der Waals surface area contributed by atoms with E-state index in [0.717, 1.165) is 12.8 Å². The lowest BCUT2D eigenvalue weighted by atomic mass is 10.1. The van der Waals surface area contributed by atoms with E-state index >= 15 is 0 Å². The lowest BCUT2D eigenvalue weighted by Gasteiger charge is -2.14. The molecule has 18 heavy (non-hydrogen) atoms. The van der Waals surface area contributed by atoms with Crippen LogP contribution in [0, 0.1) is 0 Å². The van der Waals surface area contributed by atoms with Crippen LogP contribution in [-0.4, -0.2) is 26.6 Å². The number of Topliss-reactive ketones (excluding diaryl/α,β-unsaturated/α-hetero) is 1. The predicted molar refractivity (Wildman–Crippen MR) is 67.1 cm³/mol. The molecule has 0 N–H and O–H groups in total. The third-order valence-corrected chi connectivity index (χ3v) is 2.77. The topological polar surface area (TPSA) is 44.8 Å². The number of hydrogen-bond donors (Lipinski definition) is 0. The molecule has 0 aliphatic carbocycles. The molecule has 0 atom stereocenters. The fourth-order valence-corrected chi connectivity index (χ4v) is 1.80. The van der Waals surface area contributed by atoms with E-state index in [1.807, 2.05) is 6.08 Å². The van der Waals surface area contributed by atoms with Crippen LogP contribution in [-0.2, 0) is 4.74 Å². The molecule has 0 radical (unpaired) electrons. The van der Waals surface area contributed by atoms with Gasteiger partial charge in [-0.15, -0.1) is 0 Å². The molecule has 0 saturated heterocycles. The van der Waals surface area contributed by atoms with Crippen LogP contribution in [0.2, 0.25) is 0 Å². The van der Waals surface area contributed by atoms with Gasteiger partial charge in [-0.2, -0.15) is 0 Å². The van der Waals surface area contributed by atoms with Crippen LogP contribution < -0.4 is 9.47 Å². The zero-order chi connectivity index (χ0) is 13.0. The molecule has 0 aromatic heterocycles. The highest BCUT2D eigenvalue weighted by atomic mass is 16.5. The number of ether oxygens (including phenoxy) is 3. The van der Waals surface area contributed by atoms with Crippen molar-refractivity contribution in [2.24, 2.45) is 0 Å². The zero-order valence-electron chi connectivity index (χ0n) is 10.6. The van der Waals surface area contributed by atoms with Crippen molar-refractivity contribution in [3.63, 3.8) is 0 Å². The minimum absolute atomic E-state index is 0.132. The van der Waals surface area contributed by atoms with Crippen LogP contribution in [0.3, 0.4) is 0 Å². The number of hydrogen-bond acceptors (Lipinski definition) is 4. The average molecular weight is 248 g/mol. The summed E-state index contributed by atoms with van der Waals surface area (Å²) >= 11 is 0. The van der Waals surface area contributed by atoms with Crippen molar-refractivity contribution in [2.75, 3.05) is 20.8 Å². The van der Waals surface area contributed by atoms with E-state index in [-0.39, 0.29) is 5.78 Å². The lowest BCUT2D eigenvalue weighted by molar-refractivity contribution is 0.0898. The number of allylic oxidation sites excluding steroid dienone is 2. The quantitative estimate of drug-likeness (QED) is 0.768. The van der Waals surface area contributed by atoms with Crippen molar-refractivity contribution < 1.29 is 19.0 Å². The largest absolute Gasteiger partial charge is 0.497 e. The first kappa shape index (κ1) is 12.5. The fourth-order valence-electron chi connectivity index (χ4n) is 1.80. The molecule has 0 amide bonds. The van der Waals surface area contributed by atoms with E-state index < -0.39 is 0 Å². The highest BCUT2D eigenvalue weighted by Gasteiger charge is 2.17. The van der Waals surface area contributed by atoms with Crippen LogP contribution in [0.25, 0.3) is 0 Å². The maximum absolute atomic E-state index is 12.2. The van der Waals surface area contributed by atoms with E-state index in [4.69, 9.17) is 14.2 Å². The molecule has 1 aliphatic rings. The Morgan fingerprint density at radius 3 is 2.33 bits per heavy atom. The average Bonchev–Trinajstić information content (AvgIpc) is 2.46. The Morgan fingerprint density at radius 1 is 1.17 bits per heavy atom. The maximum atomic E-state index is 12.2. The third kappa shape index (κ3) is 2.64. The van der Waals surface area contributed by atoms with Gasteiger partial charge in [0.1, 0.15) is 11.5 Å². The van der Waals surface area contributed by atoms with Crippen LogP contribution in [0.1, 0.15) is 23.2 Å². The molecule has 0 bridgehead atoms. The van der Waals surface area contributed by atoms with E-state index in [9.17, 15) is 4.79 Å². The molecule has 1 aromatic rings. The molecule has 1 heterocycles. The molecule has 1 aromatic carbocycles. The maximum Gasteiger partial charge on any atom is 0.227 e. The first-order chi connectivity index (χ1) is 8.74. The van der Waals surface area contributed by atoms with Crippen molar-refractivity contribution in [3.05, 3.63) is 35.6 Å². The monoisotopic (exact) mass is 248 g/mol. The van der Waals surface area contributed by atoms with Gasteiger partial charge in [-0.1, -0.05) is 0 Å². The predicted octanol–water partition coefficient (Wildman–Crippen LogP) is 2.58. The minimum atomic E-state index is -0.132. The van der Waals surface area contributed by atoms with Gasteiger partial charge >= 0.3 is 0 Å². The van der Waals surface area contributed by atoms with Crippen LogP contribution in [0.15, 0.2) is 30.0 Å². The van der Waals surface area contributed by atoms with Gasteiger partial charge in [0, 0.05) is 11.6 Å². The Balaban J connectivity index is 2.31. The second-order valence-corrected chi connectivity index (χ2v) is 3.99. The molecule has 2 rings (SSSR count). The summed E-state index contributed by atoms with van der Waals surface area (Å²) in [7, 11) is 3.11. The van der Waals surface area contributed by atoms with E-state index in [2.05, 4.69) is 0 Å². The van der Waals surface area contributed by atoms with Crippen molar-refractivity contribution in [1.82, 2.24) is 0 Å². The van der Waals surface area contributed by atoms with Gasteiger partial charge in [0.05, 0.1) is 20.8 Å². The van der Waals surface area contributed by atoms with Crippen molar-refractivity contribution in [1.29, 1.82) is 0 Å². The summed E-state index contributed by atoms with van der Waals surface area (Å²) in [6.45, 7) is 0.596. The fraction of sp³-hybridized carbons (Fsp3) is 0.357. The van der Waals surface area contributed by atoms with Crippen molar-refractivity contribution in [3.8, 4) is 11.5 Å². The van der Waals surface area contributed by atoms with Crippen LogP contribution in [0.5, 0.6) is 11.5 Å². The lowest BCUT2D eigenvalue weighted by Crippen LogP contribution is -2.11. The molecule has 4 nitrogen and oxygen atoms in total. The Labute approximate surface area is 106 Å². The molecule has 0 saturated carbocycles. The van der Waals surface area contributed by atoms with E-state index in [1.54, 1.807) is 32.4 Å². The first-order valence-corrected chi connectivity index (χ1v) is 5.85. The summed E-state index contributed by atoms with van der Waals surface area (Å²) in [4.78, 5) is 12.2. The number of carbonyl (C=O) groups excluding carboxylic acids is 1. The number of carbonyl (C=O) groups is 1. The summed E-state index contributed by atoms with van der Waals surface area (Å²) < 4.78 is 15.7. The normalized spacial score (nSPS) is 14.4. The number of benzene rings is 1. The summed E-state index contributed by atoms with van der Waals surface area (Å²) in [6.07, 6.45) is 3.66. The van der Waals surface area contributed by atoms with Gasteiger partial charge in [0.25, 0.3) is 0 Å². The molecule has 4 heteroatoms. The van der Waals surface area contributed by atoms with Crippen molar-refractivity contribution in [2.45, 2.75) is 12.8 Å². The SMILES string of the molecule is COc1cc(OC)cc(C(=O)C2=CCCCO2)c1. The number of ketones is 1. The Kier molecular flexibility index (Phi) is 3.87. The smallest absolute Gasteiger partial charge is 0.227 e. The third-order valence-electron chi connectivity index (χ3n) is 2.77. The van der Waals surface area contributed by atoms with E-state index in [0.29, 0.717) is 29.4 Å². The Bertz CT molecular complexity index is 454. The zero-order valence-corrected chi connectivity index (χ0v) is 10.6. The highest BCUT2D eigenvalue weighted by molar-refractivity contribution is 6.07. The molecule has 0 spiro atoms. The highest BCUT2D eigenvalue weighted by Crippen LogP contribution is 2.25. The Morgan fingerprint density at radius 2 is 1.83 bits per heavy atom. The summed E-state index contributed by atoms with van der Waals surface area (Å²) in [5.41, 5.74) is 0.513. The second-order valence-electron chi connectivity index (χ2n) is 3.99. The first-order valence-electron chi connectivity index (χ1n) is 5.85. The van der Waals surface area contributed by atoms with Gasteiger partial charge in [-0.25, -0.2) is 0 Å². The Hall–Kier alpha value is -1.97. The minimum Gasteiger partial charge on any atom is -0.497 e. The summed E-state index contributed by atoms with van der Waals surface area (Å²) in [5.74, 6) is 1.46. The van der Waals surface area contributed by atoms with Gasteiger partial charge < -0.3 is 14.2 Å². The van der Waals surface area contributed by atoms with Gasteiger partial charge in [0.15, 0.2) is 5.76 Å². The van der Waals surface area contributed by atoms with Crippen LogP contribution >= 0.6 is 0 Å². The number of methoxy groups -OCH3 is 2. The van der Waals surface area contributed by atoms with Gasteiger partial charge in [-0.05, 0) is 31.1 Å². The molecule has 96 valence electrons. The van der Waals surface area contributed by atoms with Gasteiger partial charge in [0.2, 0.25) is 5.78 Å². The molecular weight excluding hydrogens is 232 g/mol. The molecule has 0 fully saturated rings. The molecule has 1 aliphatic heterocycles. The standard InChI is InChI=1S/C14H16O4/c1-16-11-7-10(8-12(9-11)17-2)14(15)13-5-3-4-6-18-13/h5,7-9H,3-4,6H2,1-2H3. The number of rotatable bonds is 4. The molecule has 0 unspecified atom stereocenters. The van der Waals surface area contributed by atoms with E-state index in [1.165, 1.54) is 0 Å².